The number of nitrogens with one attached hydrogen (secondary N) is 2. The fourth-order valence-corrected chi connectivity index (χ4v) is 3.24. The summed E-state index contributed by atoms with van der Waals surface area (Å²) in [6.07, 6.45) is -1.09. The Morgan fingerprint density at radius 1 is 1.10 bits per heavy atom. The van der Waals surface area contributed by atoms with Crippen LogP contribution < -0.4 is 24.8 Å². The zero-order valence-electron chi connectivity index (χ0n) is 16.1. The number of morpholine rings is 1. The van der Waals surface area contributed by atoms with E-state index < -0.39 is 15.9 Å². The third kappa shape index (κ3) is 6.29. The van der Waals surface area contributed by atoms with Crippen molar-refractivity contribution in [3.8, 4) is 17.2 Å². The quantitative estimate of drug-likeness (QED) is 0.360. The van der Waals surface area contributed by atoms with E-state index >= 15 is 0 Å². The molecular formula is C17H22Cl3N3O5S. The van der Waals surface area contributed by atoms with Gasteiger partial charge >= 0.3 is 0 Å². The van der Waals surface area contributed by atoms with Crippen LogP contribution in [0.4, 0.5) is 0 Å². The third-order valence-corrected chi connectivity index (χ3v) is 5.13. The lowest BCUT2D eigenvalue weighted by atomic mass is 10.1. The Bertz CT molecular complexity index is 717. The molecule has 1 aromatic carbocycles. The first-order valence-corrected chi connectivity index (χ1v) is 10.1. The lowest BCUT2D eigenvalue weighted by Crippen LogP contribution is -2.59. The molecule has 0 aliphatic carbocycles. The van der Waals surface area contributed by atoms with E-state index in [1.54, 1.807) is 0 Å². The molecule has 1 amide bonds. The molecule has 1 fully saturated rings. The zero-order chi connectivity index (χ0) is 21.6. The molecule has 0 bridgehead atoms. The van der Waals surface area contributed by atoms with Gasteiger partial charge in [-0.3, -0.25) is 4.79 Å². The molecule has 0 spiro atoms. The zero-order valence-corrected chi connectivity index (χ0v) is 19.2. The number of amides is 1. The Labute approximate surface area is 189 Å². The number of halogens is 3. The highest BCUT2D eigenvalue weighted by atomic mass is 35.6. The number of hydrogen-bond acceptors (Lipinski definition) is 6. The van der Waals surface area contributed by atoms with Gasteiger partial charge in [0, 0.05) is 18.7 Å². The number of carbonyl (C=O) groups excluding carboxylic acids is 1. The highest BCUT2D eigenvalue weighted by Gasteiger charge is 2.36. The number of hydrogen-bond donors (Lipinski definition) is 2. The first-order valence-electron chi connectivity index (χ1n) is 8.52. The van der Waals surface area contributed by atoms with Crippen molar-refractivity contribution >= 4 is 58.0 Å². The van der Waals surface area contributed by atoms with Crippen molar-refractivity contribution in [1.82, 2.24) is 15.5 Å². The molecule has 1 saturated heterocycles. The molecule has 162 valence electrons. The van der Waals surface area contributed by atoms with E-state index in [2.05, 4.69) is 10.6 Å². The number of methoxy groups -OCH3 is 3. The van der Waals surface area contributed by atoms with Gasteiger partial charge in [0.1, 0.15) is 6.17 Å². The largest absolute Gasteiger partial charge is 0.493 e. The predicted molar refractivity (Wildman–Crippen MR) is 116 cm³/mol. The van der Waals surface area contributed by atoms with Crippen molar-refractivity contribution in [1.29, 1.82) is 0 Å². The summed E-state index contributed by atoms with van der Waals surface area (Å²) >= 11 is 23.6. The van der Waals surface area contributed by atoms with Crippen LogP contribution in [0.1, 0.15) is 10.4 Å². The topological polar surface area (TPSA) is 81.3 Å². The maximum absolute atomic E-state index is 12.8. The highest BCUT2D eigenvalue weighted by molar-refractivity contribution is 7.80. The first kappa shape index (κ1) is 23.9. The van der Waals surface area contributed by atoms with Crippen LogP contribution in [0.2, 0.25) is 0 Å². The van der Waals surface area contributed by atoms with E-state index in [9.17, 15) is 4.79 Å². The lowest BCUT2D eigenvalue weighted by Gasteiger charge is -2.34. The number of benzene rings is 1. The minimum absolute atomic E-state index is 0.220. The maximum Gasteiger partial charge on any atom is 0.253 e. The SMILES string of the molecule is COc1cc(C(=O)N[C@H](NC(=S)N2CCOCC2)C(Cl)(Cl)Cl)cc(OC)c1OC. The van der Waals surface area contributed by atoms with Crippen molar-refractivity contribution in [3.63, 3.8) is 0 Å². The predicted octanol–water partition coefficient (Wildman–Crippen LogP) is 2.35. The molecule has 1 heterocycles. The standard InChI is InChI=1S/C17H22Cl3N3O5S/c1-25-11-8-10(9-12(26-2)13(11)27-3)14(24)21-15(17(18,19)20)22-16(29)23-4-6-28-7-5-23/h8-9,15H,4-7H2,1-3H3,(H,21,24)(H,22,29)/t15-/m1/s1. The molecule has 0 radical (unpaired) electrons. The fraction of sp³-hybridized carbons (Fsp3) is 0.529. The van der Waals surface area contributed by atoms with E-state index in [1.165, 1.54) is 33.5 Å². The van der Waals surface area contributed by atoms with Crippen LogP contribution in [0.25, 0.3) is 0 Å². The second kappa shape index (κ2) is 10.6. The molecule has 8 nitrogen and oxygen atoms in total. The third-order valence-electron chi connectivity index (χ3n) is 4.10. The second-order valence-corrected chi connectivity index (χ2v) is 8.67. The maximum atomic E-state index is 12.8. The van der Waals surface area contributed by atoms with Crippen LogP contribution in [0.15, 0.2) is 12.1 Å². The van der Waals surface area contributed by atoms with Crippen LogP contribution in [-0.2, 0) is 4.74 Å². The summed E-state index contributed by atoms with van der Waals surface area (Å²) in [4.78, 5) is 14.7. The van der Waals surface area contributed by atoms with Crippen LogP contribution >= 0.6 is 47.0 Å². The van der Waals surface area contributed by atoms with Gasteiger partial charge in [0.25, 0.3) is 5.91 Å². The summed E-state index contributed by atoms with van der Waals surface area (Å²) < 4.78 is 19.2. The minimum Gasteiger partial charge on any atom is -0.493 e. The summed E-state index contributed by atoms with van der Waals surface area (Å²) in [6, 6.07) is 2.98. The molecule has 12 heteroatoms. The summed E-state index contributed by atoms with van der Waals surface area (Å²) in [7, 11) is 4.37. The monoisotopic (exact) mass is 485 g/mol. The van der Waals surface area contributed by atoms with Crippen molar-refractivity contribution in [2.24, 2.45) is 0 Å². The average Bonchev–Trinajstić information content (AvgIpc) is 2.71. The van der Waals surface area contributed by atoms with E-state index in [0.29, 0.717) is 48.7 Å². The highest BCUT2D eigenvalue weighted by Crippen LogP contribution is 2.38. The molecule has 0 unspecified atom stereocenters. The molecule has 2 N–H and O–H groups in total. The van der Waals surface area contributed by atoms with Crippen molar-refractivity contribution in [2.75, 3.05) is 47.6 Å². The normalized spacial score (nSPS) is 15.3. The van der Waals surface area contributed by atoms with Crippen LogP contribution in [0.5, 0.6) is 17.2 Å². The van der Waals surface area contributed by atoms with Crippen molar-refractivity contribution < 1.29 is 23.7 Å². The minimum atomic E-state index is -1.87. The fourth-order valence-electron chi connectivity index (χ4n) is 2.61. The number of carbonyl (C=O) groups is 1. The van der Waals surface area contributed by atoms with Gasteiger partial charge in [-0.05, 0) is 24.4 Å². The van der Waals surface area contributed by atoms with E-state index in [-0.39, 0.29) is 5.56 Å². The van der Waals surface area contributed by atoms with Crippen molar-refractivity contribution in [2.45, 2.75) is 9.96 Å². The number of ether oxygens (including phenoxy) is 4. The molecule has 1 aliphatic rings. The van der Waals surface area contributed by atoms with Crippen LogP contribution in [-0.4, -0.2) is 73.5 Å². The summed E-state index contributed by atoms with van der Waals surface area (Å²) in [5, 5.41) is 5.88. The van der Waals surface area contributed by atoms with Crippen molar-refractivity contribution in [3.05, 3.63) is 17.7 Å². The Morgan fingerprint density at radius 3 is 2.10 bits per heavy atom. The molecule has 0 aromatic heterocycles. The number of alkyl halides is 3. The van der Waals surface area contributed by atoms with Gasteiger partial charge in [0.05, 0.1) is 34.5 Å². The first-order chi connectivity index (χ1) is 13.7. The van der Waals surface area contributed by atoms with Gasteiger partial charge in [-0.1, -0.05) is 34.8 Å². The lowest BCUT2D eigenvalue weighted by molar-refractivity contribution is 0.0671. The number of nitrogens with zero attached hydrogens (tertiary/aromatic N) is 1. The van der Waals surface area contributed by atoms with E-state index in [4.69, 9.17) is 66.0 Å². The molecule has 1 aromatic rings. The molecule has 1 atom stereocenters. The van der Waals surface area contributed by atoms with Gasteiger partial charge in [-0.2, -0.15) is 0 Å². The summed E-state index contributed by atoms with van der Waals surface area (Å²) in [6.45, 7) is 2.27. The molecular weight excluding hydrogens is 465 g/mol. The second-order valence-electron chi connectivity index (χ2n) is 5.91. The molecule has 1 aliphatic heterocycles. The van der Waals surface area contributed by atoms with Gasteiger partial charge in [-0.25, -0.2) is 0 Å². The number of thiocarbonyl (C=S) groups is 1. The number of rotatable bonds is 6. The Kier molecular flexibility index (Phi) is 8.72. The van der Waals surface area contributed by atoms with Crippen LogP contribution in [0.3, 0.4) is 0 Å². The molecule has 0 saturated carbocycles. The Balaban J connectivity index is 2.20. The summed E-state index contributed by atoms with van der Waals surface area (Å²) in [5.41, 5.74) is 0.220. The average molecular weight is 487 g/mol. The van der Waals surface area contributed by atoms with E-state index in [1.807, 2.05) is 4.90 Å². The Hall–Kier alpha value is -1.39. The smallest absolute Gasteiger partial charge is 0.253 e. The summed E-state index contributed by atoms with van der Waals surface area (Å²) in [5.74, 6) is 0.465. The van der Waals surface area contributed by atoms with Gasteiger partial charge in [0.2, 0.25) is 9.54 Å². The van der Waals surface area contributed by atoms with Gasteiger partial charge < -0.3 is 34.5 Å². The van der Waals surface area contributed by atoms with E-state index in [0.717, 1.165) is 0 Å². The molecule has 29 heavy (non-hydrogen) atoms. The Morgan fingerprint density at radius 2 is 1.66 bits per heavy atom. The van der Waals surface area contributed by atoms with Crippen LogP contribution in [0, 0.1) is 0 Å². The van der Waals surface area contributed by atoms with Gasteiger partial charge in [0.15, 0.2) is 16.6 Å². The molecule has 2 rings (SSSR count). The van der Waals surface area contributed by atoms with Gasteiger partial charge in [-0.15, -0.1) is 0 Å².